The minimum Gasteiger partial charge on any atom is -0.362 e. The molecule has 0 saturated heterocycles. The third kappa shape index (κ3) is 2.35. The topological polar surface area (TPSA) is 38.1 Å². The van der Waals surface area contributed by atoms with E-state index in [1.54, 1.807) is 11.0 Å². The van der Waals surface area contributed by atoms with Gasteiger partial charge in [-0.3, -0.25) is 4.79 Å². The van der Waals surface area contributed by atoms with E-state index in [4.69, 9.17) is 6.42 Å². The summed E-state index contributed by atoms with van der Waals surface area (Å²) in [5, 5.41) is 4.03. The predicted molar refractivity (Wildman–Crippen MR) is 50.0 cm³/mol. The van der Waals surface area contributed by atoms with Crippen molar-refractivity contribution in [3.8, 4) is 12.3 Å². The van der Waals surface area contributed by atoms with Gasteiger partial charge in [0.25, 0.3) is 5.91 Å². The molecule has 72 valence electrons. The van der Waals surface area contributed by atoms with E-state index >= 15 is 0 Å². The maximum Gasteiger partial charge on any atom is 1.00 e. The number of hydrogen-bond donors (Lipinski definition) is 0. The number of nitrogens with zero attached hydrogens (tertiary/aromatic N) is 3. The van der Waals surface area contributed by atoms with Crippen molar-refractivity contribution in [2.45, 2.75) is 19.5 Å². The molecule has 5 heteroatoms. The monoisotopic (exact) mass is 227 g/mol. The van der Waals surface area contributed by atoms with E-state index in [9.17, 15) is 4.79 Å². The Hall–Kier alpha value is -0.124. The number of hydrogen-bond acceptors (Lipinski definition) is 2. The number of amides is 1. The van der Waals surface area contributed by atoms with Crippen molar-refractivity contribution in [1.82, 2.24) is 14.7 Å². The minimum atomic E-state index is -0.259. The first-order valence-electron chi connectivity index (χ1n) is 4.45. The molecule has 1 aliphatic rings. The molecule has 0 aliphatic carbocycles. The van der Waals surface area contributed by atoms with Crippen molar-refractivity contribution in [3.05, 3.63) is 18.0 Å². The van der Waals surface area contributed by atoms with Crippen molar-refractivity contribution in [3.63, 3.8) is 0 Å². The van der Waals surface area contributed by atoms with Gasteiger partial charge in [0.05, 0.1) is 0 Å². The van der Waals surface area contributed by atoms with Crippen LogP contribution in [0, 0.1) is 18.5 Å². The summed E-state index contributed by atoms with van der Waals surface area (Å²) in [6, 6.07) is 1.78. The molecule has 0 saturated carbocycles. The van der Waals surface area contributed by atoms with E-state index in [1.807, 2.05) is 11.6 Å². The average Bonchev–Trinajstić information content (AvgIpc) is 2.66. The summed E-state index contributed by atoms with van der Waals surface area (Å²) in [5.41, 5.74) is 0.986. The zero-order chi connectivity index (χ0) is 10.1. The fourth-order valence-corrected chi connectivity index (χ4v) is 1.73. The fraction of sp³-hybridized carbons (Fsp3) is 0.400. The van der Waals surface area contributed by atoms with Crippen LogP contribution >= 0.6 is 0 Å². The van der Waals surface area contributed by atoms with Gasteiger partial charge in [-0.2, -0.15) is 6.07 Å². The molecule has 4 nitrogen and oxygen atoms in total. The zero-order valence-corrected chi connectivity index (χ0v) is 12.0. The average molecular weight is 227 g/mol. The summed E-state index contributed by atoms with van der Waals surface area (Å²) in [4.78, 5) is 13.0. The van der Waals surface area contributed by atoms with Crippen LogP contribution in [0.15, 0.2) is 6.07 Å². The molecule has 1 aliphatic heterocycles. The summed E-state index contributed by atoms with van der Waals surface area (Å²) < 4.78 is 1.85. The molecule has 0 fully saturated rings. The number of carbonyl (C=O) groups excluding carboxylic acids is 1. The van der Waals surface area contributed by atoms with Gasteiger partial charge in [-0.05, 0) is 5.92 Å². The van der Waals surface area contributed by atoms with Gasteiger partial charge in [0.1, 0.15) is 0 Å². The first-order valence-corrected chi connectivity index (χ1v) is 4.45. The van der Waals surface area contributed by atoms with Gasteiger partial charge in [-0.15, -0.1) is 12.6 Å². The van der Waals surface area contributed by atoms with Crippen molar-refractivity contribution in [2.24, 2.45) is 0 Å². The van der Waals surface area contributed by atoms with Gasteiger partial charge in [-0.25, -0.2) is 0 Å². The second kappa shape index (κ2) is 5.28. The Morgan fingerprint density at radius 1 is 1.73 bits per heavy atom. The molecule has 2 heterocycles. The minimum absolute atomic E-state index is 0. The zero-order valence-electron chi connectivity index (χ0n) is 8.90. The molecule has 2 rings (SSSR count). The molecule has 1 unspecified atom stereocenters. The van der Waals surface area contributed by atoms with Crippen LogP contribution < -0.4 is 51.4 Å². The van der Waals surface area contributed by atoms with E-state index < -0.39 is 0 Å². The predicted octanol–water partition coefficient (Wildman–Crippen LogP) is -2.78. The van der Waals surface area contributed by atoms with Crippen LogP contribution in [-0.2, 0) is 11.3 Å². The molecule has 0 radical (unpaired) electrons. The van der Waals surface area contributed by atoms with E-state index in [0.29, 0.717) is 13.1 Å². The van der Waals surface area contributed by atoms with Crippen LogP contribution in [0.25, 0.3) is 0 Å². The second-order valence-corrected chi connectivity index (χ2v) is 3.24. The van der Waals surface area contributed by atoms with Crippen LogP contribution in [0.3, 0.4) is 0 Å². The number of rotatable bonds is 0. The van der Waals surface area contributed by atoms with Crippen LogP contribution in [-0.4, -0.2) is 27.1 Å². The van der Waals surface area contributed by atoms with Gasteiger partial charge in [0.2, 0.25) is 0 Å². The van der Waals surface area contributed by atoms with Gasteiger partial charge in [0, 0.05) is 19.1 Å². The molecule has 0 bridgehead atoms. The molecule has 1 aromatic rings. The third-order valence-electron chi connectivity index (χ3n) is 2.52. The van der Waals surface area contributed by atoms with Crippen molar-refractivity contribution in [2.75, 3.05) is 6.54 Å². The first-order chi connectivity index (χ1) is 6.74. The largest absolute Gasteiger partial charge is 1.00 e. The van der Waals surface area contributed by atoms with Gasteiger partial charge >= 0.3 is 51.4 Å². The SMILES string of the molecule is C#CC(=O)N1CCn2n[c-]cc2C1C.[K+]. The van der Waals surface area contributed by atoms with Gasteiger partial charge < -0.3 is 14.7 Å². The van der Waals surface area contributed by atoms with Gasteiger partial charge in [0.15, 0.2) is 0 Å². The molecular weight excluding hydrogens is 217 g/mol. The molecule has 1 atom stereocenters. The standard InChI is InChI=1S/C10H10N3O.K/c1-3-10(14)12-6-7-13-9(8(12)2)4-5-11-13;/h1,4,8H,6-7H2,2H3;/q-1;+1. The Kier molecular flexibility index (Phi) is 4.56. The summed E-state index contributed by atoms with van der Waals surface area (Å²) in [5.74, 6) is 1.88. The van der Waals surface area contributed by atoms with E-state index in [1.165, 1.54) is 0 Å². The number of aromatic nitrogens is 2. The molecule has 0 N–H and O–H groups in total. The summed E-state index contributed by atoms with van der Waals surface area (Å²) >= 11 is 0. The van der Waals surface area contributed by atoms with E-state index in [0.717, 1.165) is 5.69 Å². The smallest absolute Gasteiger partial charge is 0.362 e. The van der Waals surface area contributed by atoms with Crippen molar-refractivity contribution < 1.29 is 56.2 Å². The maximum absolute atomic E-state index is 11.4. The van der Waals surface area contributed by atoms with Gasteiger partial charge in [-0.1, -0.05) is 12.6 Å². The van der Waals surface area contributed by atoms with E-state index in [2.05, 4.69) is 17.2 Å². The summed E-state index contributed by atoms with van der Waals surface area (Å²) in [6.07, 6.45) is 7.86. The Bertz CT molecular complexity index is 407. The van der Waals surface area contributed by atoms with Crippen molar-refractivity contribution in [1.29, 1.82) is 0 Å². The second-order valence-electron chi connectivity index (χ2n) is 3.24. The van der Waals surface area contributed by atoms with Crippen LogP contribution in [0.5, 0.6) is 0 Å². The number of fused-ring (bicyclic) bond motifs is 1. The maximum atomic E-state index is 11.4. The molecule has 1 amide bonds. The molecule has 0 spiro atoms. The van der Waals surface area contributed by atoms with Crippen LogP contribution in [0.2, 0.25) is 0 Å². The quantitative estimate of drug-likeness (QED) is 0.273. The molecule has 15 heavy (non-hydrogen) atoms. The number of carbonyl (C=O) groups is 1. The van der Waals surface area contributed by atoms with Crippen molar-refractivity contribution >= 4 is 5.91 Å². The fourth-order valence-electron chi connectivity index (χ4n) is 1.73. The third-order valence-corrected chi connectivity index (χ3v) is 2.52. The Labute approximate surface area is 131 Å². The van der Waals surface area contributed by atoms with E-state index in [-0.39, 0.29) is 63.3 Å². The Morgan fingerprint density at radius 2 is 2.47 bits per heavy atom. The Morgan fingerprint density at radius 3 is 3.13 bits per heavy atom. The molecule has 0 aromatic carbocycles. The molecule has 1 aromatic heterocycles. The first kappa shape index (κ1) is 12.9. The molecular formula is C10H10KN3O. The summed E-state index contributed by atoms with van der Waals surface area (Å²) in [7, 11) is 0. The number of terminal acetylenes is 1. The van der Waals surface area contributed by atoms with Crippen LogP contribution in [0.1, 0.15) is 18.7 Å². The van der Waals surface area contributed by atoms with Crippen LogP contribution in [0.4, 0.5) is 0 Å². The normalized spacial score (nSPS) is 18.7. The summed E-state index contributed by atoms with van der Waals surface area (Å²) in [6.45, 7) is 3.25. The Balaban J connectivity index is 0.00000112.